The molecule has 0 aliphatic rings. The number of aromatic nitrogens is 2. The summed E-state index contributed by atoms with van der Waals surface area (Å²) in [6.45, 7) is 4.42. The van der Waals surface area contributed by atoms with Gasteiger partial charge in [0.25, 0.3) is 0 Å². The summed E-state index contributed by atoms with van der Waals surface area (Å²) in [5.41, 5.74) is 1.26. The van der Waals surface area contributed by atoms with Gasteiger partial charge in [0, 0.05) is 17.7 Å². The first-order valence-electron chi connectivity index (χ1n) is 5.80. The number of nitrogens with one attached hydrogen (secondary N) is 1. The van der Waals surface area contributed by atoms with E-state index in [9.17, 15) is 0 Å². The fourth-order valence-electron chi connectivity index (χ4n) is 1.77. The Kier molecular flexibility index (Phi) is 4.42. The van der Waals surface area contributed by atoms with Gasteiger partial charge in [-0.15, -0.1) is 11.3 Å². The number of rotatable bonds is 5. The second kappa shape index (κ2) is 5.86. The predicted octanol–water partition coefficient (Wildman–Crippen LogP) is 2.58. The van der Waals surface area contributed by atoms with Gasteiger partial charge in [0.05, 0.1) is 17.7 Å². The van der Waals surface area contributed by atoms with E-state index in [1.807, 2.05) is 7.05 Å². The van der Waals surface area contributed by atoms with E-state index in [0.717, 1.165) is 33.4 Å². The molecule has 2 aromatic rings. The van der Waals surface area contributed by atoms with Crippen molar-refractivity contribution in [1.82, 2.24) is 9.97 Å². The van der Waals surface area contributed by atoms with Gasteiger partial charge in [-0.3, -0.25) is 0 Å². The zero-order valence-corrected chi connectivity index (χ0v) is 12.4. The van der Waals surface area contributed by atoms with Gasteiger partial charge in [-0.1, -0.05) is 0 Å². The Labute approximate surface area is 115 Å². The quantitative estimate of drug-likeness (QED) is 0.826. The van der Waals surface area contributed by atoms with Crippen molar-refractivity contribution in [3.8, 4) is 0 Å². The summed E-state index contributed by atoms with van der Waals surface area (Å²) in [6.07, 6.45) is 0. The molecule has 0 aliphatic carbocycles. The van der Waals surface area contributed by atoms with Gasteiger partial charge in [0.15, 0.2) is 0 Å². The van der Waals surface area contributed by atoms with Crippen molar-refractivity contribution >= 4 is 39.1 Å². The number of aryl methyl sites for hydroxylation is 2. The molecule has 0 bridgehead atoms. The third-order valence-corrected chi connectivity index (χ3v) is 4.81. The predicted molar refractivity (Wildman–Crippen MR) is 79.7 cm³/mol. The number of thiophene rings is 1. The summed E-state index contributed by atoms with van der Waals surface area (Å²) in [4.78, 5) is 11.5. The van der Waals surface area contributed by atoms with Gasteiger partial charge in [0.1, 0.15) is 16.5 Å². The number of aliphatic hydroxyl groups is 1. The number of anilines is 1. The van der Waals surface area contributed by atoms with Gasteiger partial charge in [-0.2, -0.15) is 11.8 Å². The van der Waals surface area contributed by atoms with Crippen LogP contribution >= 0.6 is 23.1 Å². The van der Waals surface area contributed by atoms with Crippen molar-refractivity contribution in [1.29, 1.82) is 0 Å². The number of hydrogen-bond acceptors (Lipinski definition) is 6. The molecule has 0 spiro atoms. The SMILES string of the molecule is CNc1nc(CSCCO)nc2sc(C)c(C)c12. The molecule has 0 aliphatic heterocycles. The van der Waals surface area contributed by atoms with E-state index in [2.05, 4.69) is 29.1 Å². The van der Waals surface area contributed by atoms with Gasteiger partial charge in [-0.25, -0.2) is 9.97 Å². The highest BCUT2D eigenvalue weighted by Crippen LogP contribution is 2.33. The van der Waals surface area contributed by atoms with Crippen molar-refractivity contribution in [3.63, 3.8) is 0 Å². The van der Waals surface area contributed by atoms with Crippen LogP contribution in [0.25, 0.3) is 10.2 Å². The average Bonchev–Trinajstić information content (AvgIpc) is 2.65. The molecule has 0 unspecified atom stereocenters. The highest BCUT2D eigenvalue weighted by Gasteiger charge is 2.13. The average molecular weight is 283 g/mol. The third kappa shape index (κ3) is 2.60. The first-order chi connectivity index (χ1) is 8.67. The molecule has 2 N–H and O–H groups in total. The Morgan fingerprint density at radius 3 is 2.78 bits per heavy atom. The molecule has 2 rings (SSSR count). The Balaban J connectivity index is 2.40. The molecule has 6 heteroatoms. The van der Waals surface area contributed by atoms with Crippen molar-refractivity contribution < 1.29 is 5.11 Å². The molecule has 0 radical (unpaired) electrons. The summed E-state index contributed by atoms with van der Waals surface area (Å²) in [5, 5.41) is 13.1. The fourth-order valence-corrected chi connectivity index (χ4v) is 3.40. The van der Waals surface area contributed by atoms with Crippen LogP contribution in [-0.4, -0.2) is 34.5 Å². The van der Waals surface area contributed by atoms with Crippen LogP contribution in [0.5, 0.6) is 0 Å². The summed E-state index contributed by atoms with van der Waals surface area (Å²) >= 11 is 3.36. The van der Waals surface area contributed by atoms with Crippen molar-refractivity contribution in [2.45, 2.75) is 19.6 Å². The molecule has 0 saturated carbocycles. The Hall–Kier alpha value is -0.850. The van der Waals surface area contributed by atoms with Crippen LogP contribution in [0.1, 0.15) is 16.3 Å². The van der Waals surface area contributed by atoms with E-state index in [0.29, 0.717) is 0 Å². The normalized spacial score (nSPS) is 11.1. The molecule has 18 heavy (non-hydrogen) atoms. The second-order valence-corrected chi connectivity index (χ2v) is 6.29. The second-order valence-electron chi connectivity index (χ2n) is 3.98. The highest BCUT2D eigenvalue weighted by molar-refractivity contribution is 7.98. The summed E-state index contributed by atoms with van der Waals surface area (Å²) in [7, 11) is 1.89. The highest BCUT2D eigenvalue weighted by atomic mass is 32.2. The molecule has 4 nitrogen and oxygen atoms in total. The monoisotopic (exact) mass is 283 g/mol. The van der Waals surface area contributed by atoms with Crippen LogP contribution < -0.4 is 5.32 Å². The smallest absolute Gasteiger partial charge is 0.142 e. The van der Waals surface area contributed by atoms with Crippen LogP contribution in [-0.2, 0) is 5.75 Å². The minimum Gasteiger partial charge on any atom is -0.396 e. The summed E-state index contributed by atoms with van der Waals surface area (Å²) in [5.74, 6) is 3.19. The molecule has 2 heterocycles. The molecule has 98 valence electrons. The van der Waals surface area contributed by atoms with Gasteiger partial charge < -0.3 is 10.4 Å². The topological polar surface area (TPSA) is 58.0 Å². The van der Waals surface area contributed by atoms with Crippen LogP contribution in [0.3, 0.4) is 0 Å². The van der Waals surface area contributed by atoms with E-state index < -0.39 is 0 Å². The molecule has 0 fully saturated rings. The minimum atomic E-state index is 0.197. The van der Waals surface area contributed by atoms with Crippen LogP contribution in [0.2, 0.25) is 0 Å². The van der Waals surface area contributed by atoms with Crippen LogP contribution in [0, 0.1) is 13.8 Å². The number of nitrogens with zero attached hydrogens (tertiary/aromatic N) is 2. The van der Waals surface area contributed by atoms with E-state index in [1.165, 1.54) is 10.4 Å². The van der Waals surface area contributed by atoms with E-state index in [1.54, 1.807) is 23.1 Å². The molecular weight excluding hydrogens is 266 g/mol. The fraction of sp³-hybridized carbons (Fsp3) is 0.500. The Bertz CT molecular complexity index is 554. The molecule has 0 atom stereocenters. The van der Waals surface area contributed by atoms with Crippen molar-refractivity contribution in [2.75, 3.05) is 24.7 Å². The van der Waals surface area contributed by atoms with Crippen LogP contribution in [0.15, 0.2) is 0 Å². The molecule has 0 amide bonds. The Morgan fingerprint density at radius 1 is 1.33 bits per heavy atom. The standard InChI is InChI=1S/C12H17N3OS2/c1-7-8(2)18-12-10(7)11(13-3)14-9(15-12)6-17-5-4-16/h16H,4-6H2,1-3H3,(H,13,14,15). The number of thioether (sulfide) groups is 1. The zero-order chi connectivity index (χ0) is 13.1. The van der Waals surface area contributed by atoms with E-state index in [4.69, 9.17) is 5.11 Å². The Morgan fingerprint density at radius 2 is 2.11 bits per heavy atom. The first kappa shape index (κ1) is 13.6. The van der Waals surface area contributed by atoms with E-state index >= 15 is 0 Å². The lowest BCUT2D eigenvalue weighted by Crippen LogP contribution is -2.00. The minimum absolute atomic E-state index is 0.197. The maximum atomic E-state index is 8.78. The molecule has 0 aromatic carbocycles. The largest absolute Gasteiger partial charge is 0.396 e. The first-order valence-corrected chi connectivity index (χ1v) is 7.77. The van der Waals surface area contributed by atoms with Crippen LogP contribution in [0.4, 0.5) is 5.82 Å². The lowest BCUT2D eigenvalue weighted by molar-refractivity contribution is 0.322. The van der Waals surface area contributed by atoms with E-state index in [-0.39, 0.29) is 6.61 Å². The number of aliphatic hydroxyl groups excluding tert-OH is 1. The molecular formula is C12H17N3OS2. The maximum Gasteiger partial charge on any atom is 0.142 e. The maximum absolute atomic E-state index is 8.78. The lowest BCUT2D eigenvalue weighted by Gasteiger charge is -2.06. The molecule has 0 saturated heterocycles. The van der Waals surface area contributed by atoms with Crippen molar-refractivity contribution in [3.05, 3.63) is 16.3 Å². The van der Waals surface area contributed by atoms with Gasteiger partial charge in [0.2, 0.25) is 0 Å². The summed E-state index contributed by atoms with van der Waals surface area (Å²) < 4.78 is 0. The number of fused-ring (bicyclic) bond motifs is 1. The third-order valence-electron chi connectivity index (χ3n) is 2.78. The molecule has 2 aromatic heterocycles. The zero-order valence-electron chi connectivity index (χ0n) is 10.8. The van der Waals surface area contributed by atoms with Gasteiger partial charge >= 0.3 is 0 Å². The van der Waals surface area contributed by atoms with Crippen molar-refractivity contribution in [2.24, 2.45) is 0 Å². The summed E-state index contributed by atoms with van der Waals surface area (Å²) in [6, 6.07) is 0. The van der Waals surface area contributed by atoms with Gasteiger partial charge in [-0.05, 0) is 19.4 Å². The number of hydrogen-bond donors (Lipinski definition) is 2. The lowest BCUT2D eigenvalue weighted by atomic mass is 10.2.